The molecule has 1 atom stereocenters. The van der Waals surface area contributed by atoms with Crippen LogP contribution < -0.4 is 10.6 Å². The second-order valence-corrected chi connectivity index (χ2v) is 5.15. The molecule has 0 bridgehead atoms. The Bertz CT molecular complexity index is 258. The van der Waals surface area contributed by atoms with Crippen molar-refractivity contribution in [3.8, 4) is 0 Å². The van der Waals surface area contributed by atoms with Gasteiger partial charge in [0.2, 0.25) is 5.91 Å². The number of carbonyl (C=O) groups is 1. The Morgan fingerprint density at radius 3 is 2.80 bits per heavy atom. The fraction of sp³-hybridized carbons (Fsp3) is 0.750. The highest BCUT2D eigenvalue weighted by molar-refractivity contribution is 5.82. The van der Waals surface area contributed by atoms with Gasteiger partial charge in [0.05, 0.1) is 6.04 Å². The van der Waals surface area contributed by atoms with Gasteiger partial charge < -0.3 is 10.6 Å². The van der Waals surface area contributed by atoms with Crippen LogP contribution in [0.3, 0.4) is 0 Å². The molecule has 1 aliphatic rings. The average molecular weight is 210 g/mol. The van der Waals surface area contributed by atoms with Crippen LogP contribution in [0.1, 0.15) is 33.6 Å². The van der Waals surface area contributed by atoms with E-state index in [1.54, 1.807) is 0 Å². The molecule has 86 valence electrons. The van der Waals surface area contributed by atoms with Crippen LogP contribution in [-0.2, 0) is 4.79 Å². The summed E-state index contributed by atoms with van der Waals surface area (Å²) in [6.07, 6.45) is 2.25. The number of hydrogen-bond acceptors (Lipinski definition) is 2. The van der Waals surface area contributed by atoms with E-state index in [9.17, 15) is 4.79 Å². The third kappa shape index (κ3) is 3.34. The number of carbonyl (C=O) groups excluding carboxylic acids is 1. The highest BCUT2D eigenvalue weighted by atomic mass is 16.2. The molecule has 1 fully saturated rings. The third-order valence-electron chi connectivity index (χ3n) is 2.95. The molecule has 2 N–H and O–H groups in total. The summed E-state index contributed by atoms with van der Waals surface area (Å²) < 4.78 is 0. The topological polar surface area (TPSA) is 41.1 Å². The SMILES string of the molecule is C=C(C)CNC(=O)C1NCCCC1(C)C. The van der Waals surface area contributed by atoms with Crippen molar-refractivity contribution >= 4 is 5.91 Å². The molecule has 0 aliphatic carbocycles. The number of rotatable bonds is 3. The molecular formula is C12H22N2O. The zero-order chi connectivity index (χ0) is 11.5. The zero-order valence-corrected chi connectivity index (χ0v) is 10.0. The van der Waals surface area contributed by atoms with Crippen LogP contribution in [0, 0.1) is 5.41 Å². The van der Waals surface area contributed by atoms with Gasteiger partial charge >= 0.3 is 0 Å². The summed E-state index contributed by atoms with van der Waals surface area (Å²) in [4.78, 5) is 11.9. The van der Waals surface area contributed by atoms with Crippen LogP contribution in [0.2, 0.25) is 0 Å². The maximum atomic E-state index is 11.9. The van der Waals surface area contributed by atoms with E-state index in [-0.39, 0.29) is 17.4 Å². The predicted octanol–water partition coefficient (Wildman–Crippen LogP) is 1.46. The number of hydrogen-bond donors (Lipinski definition) is 2. The Balaban J connectivity index is 2.53. The molecule has 1 aliphatic heterocycles. The average Bonchev–Trinajstić information content (AvgIpc) is 2.13. The van der Waals surface area contributed by atoms with E-state index in [0.717, 1.165) is 25.0 Å². The Morgan fingerprint density at radius 1 is 1.60 bits per heavy atom. The van der Waals surface area contributed by atoms with Crippen molar-refractivity contribution < 1.29 is 4.79 Å². The van der Waals surface area contributed by atoms with Crippen LogP contribution in [0.4, 0.5) is 0 Å². The molecule has 3 heteroatoms. The van der Waals surface area contributed by atoms with Crippen LogP contribution in [0.25, 0.3) is 0 Å². The largest absolute Gasteiger partial charge is 0.351 e. The highest BCUT2D eigenvalue weighted by Crippen LogP contribution is 2.29. The molecule has 0 aromatic carbocycles. The fourth-order valence-corrected chi connectivity index (χ4v) is 2.00. The van der Waals surface area contributed by atoms with Crippen LogP contribution >= 0.6 is 0 Å². The molecule has 1 heterocycles. The molecule has 1 unspecified atom stereocenters. The van der Waals surface area contributed by atoms with E-state index >= 15 is 0 Å². The van der Waals surface area contributed by atoms with Crippen molar-refractivity contribution in [2.75, 3.05) is 13.1 Å². The number of amides is 1. The molecule has 15 heavy (non-hydrogen) atoms. The smallest absolute Gasteiger partial charge is 0.237 e. The molecule has 0 radical (unpaired) electrons. The van der Waals surface area contributed by atoms with Crippen LogP contribution in [0.5, 0.6) is 0 Å². The first-order valence-corrected chi connectivity index (χ1v) is 5.59. The summed E-state index contributed by atoms with van der Waals surface area (Å²) in [5.74, 6) is 0.0997. The summed E-state index contributed by atoms with van der Waals surface area (Å²) >= 11 is 0. The first kappa shape index (κ1) is 12.2. The van der Waals surface area contributed by atoms with Crippen molar-refractivity contribution in [1.29, 1.82) is 0 Å². The van der Waals surface area contributed by atoms with Gasteiger partial charge in [-0.1, -0.05) is 26.0 Å². The van der Waals surface area contributed by atoms with Gasteiger partial charge in [0, 0.05) is 6.54 Å². The van der Waals surface area contributed by atoms with E-state index < -0.39 is 0 Å². The number of piperidine rings is 1. The molecule has 1 amide bonds. The van der Waals surface area contributed by atoms with Gasteiger partial charge in [-0.3, -0.25) is 4.79 Å². The van der Waals surface area contributed by atoms with E-state index in [1.165, 1.54) is 0 Å². The minimum Gasteiger partial charge on any atom is -0.351 e. The highest BCUT2D eigenvalue weighted by Gasteiger charge is 2.36. The van der Waals surface area contributed by atoms with Gasteiger partial charge in [-0.25, -0.2) is 0 Å². The van der Waals surface area contributed by atoms with Gasteiger partial charge in [-0.15, -0.1) is 0 Å². The Kier molecular flexibility index (Phi) is 3.91. The molecule has 0 spiro atoms. The minimum absolute atomic E-state index is 0.0530. The zero-order valence-electron chi connectivity index (χ0n) is 10.0. The second kappa shape index (κ2) is 4.79. The van der Waals surface area contributed by atoms with Gasteiger partial charge in [-0.2, -0.15) is 0 Å². The summed E-state index contributed by atoms with van der Waals surface area (Å²) in [6, 6.07) is -0.0643. The van der Waals surface area contributed by atoms with Gasteiger partial charge in [0.25, 0.3) is 0 Å². The van der Waals surface area contributed by atoms with Crippen molar-refractivity contribution in [2.24, 2.45) is 5.41 Å². The van der Waals surface area contributed by atoms with Crippen LogP contribution in [-0.4, -0.2) is 25.0 Å². The standard InChI is InChI=1S/C12H22N2O/c1-9(2)8-14-11(15)10-12(3,4)6-5-7-13-10/h10,13H,1,5-8H2,2-4H3,(H,14,15). The second-order valence-electron chi connectivity index (χ2n) is 5.15. The van der Waals surface area contributed by atoms with Crippen molar-refractivity contribution in [2.45, 2.75) is 39.7 Å². The van der Waals surface area contributed by atoms with Gasteiger partial charge in [0.15, 0.2) is 0 Å². The Labute approximate surface area is 92.3 Å². The number of nitrogens with one attached hydrogen (secondary N) is 2. The molecular weight excluding hydrogens is 188 g/mol. The molecule has 3 nitrogen and oxygen atoms in total. The lowest BCUT2D eigenvalue weighted by atomic mass is 9.77. The molecule has 1 saturated heterocycles. The maximum Gasteiger partial charge on any atom is 0.237 e. The fourth-order valence-electron chi connectivity index (χ4n) is 2.00. The molecule has 0 aromatic heterocycles. The van der Waals surface area contributed by atoms with E-state index in [1.807, 2.05) is 6.92 Å². The summed E-state index contributed by atoms with van der Waals surface area (Å²) in [5.41, 5.74) is 1.04. The lowest BCUT2D eigenvalue weighted by Gasteiger charge is -2.38. The summed E-state index contributed by atoms with van der Waals surface area (Å²) in [7, 11) is 0. The molecule has 0 saturated carbocycles. The molecule has 1 rings (SSSR count). The lowest BCUT2D eigenvalue weighted by Crippen LogP contribution is -2.55. The normalized spacial score (nSPS) is 24.6. The Morgan fingerprint density at radius 2 is 2.27 bits per heavy atom. The Hall–Kier alpha value is -0.830. The van der Waals surface area contributed by atoms with Gasteiger partial charge in [-0.05, 0) is 31.7 Å². The molecule has 0 aromatic rings. The van der Waals surface area contributed by atoms with Crippen molar-refractivity contribution in [1.82, 2.24) is 10.6 Å². The monoisotopic (exact) mass is 210 g/mol. The van der Waals surface area contributed by atoms with Crippen molar-refractivity contribution in [3.63, 3.8) is 0 Å². The van der Waals surface area contributed by atoms with E-state index in [0.29, 0.717) is 6.54 Å². The quantitative estimate of drug-likeness (QED) is 0.692. The minimum atomic E-state index is -0.0643. The first-order chi connectivity index (χ1) is 6.93. The van der Waals surface area contributed by atoms with Crippen LogP contribution in [0.15, 0.2) is 12.2 Å². The van der Waals surface area contributed by atoms with E-state index in [4.69, 9.17) is 0 Å². The van der Waals surface area contributed by atoms with Crippen molar-refractivity contribution in [3.05, 3.63) is 12.2 Å². The maximum absolute atomic E-state index is 11.9. The first-order valence-electron chi connectivity index (χ1n) is 5.59. The summed E-state index contributed by atoms with van der Waals surface area (Å²) in [6.45, 7) is 11.5. The lowest BCUT2D eigenvalue weighted by molar-refractivity contribution is -0.126. The predicted molar refractivity (Wildman–Crippen MR) is 62.6 cm³/mol. The third-order valence-corrected chi connectivity index (χ3v) is 2.95. The van der Waals surface area contributed by atoms with Gasteiger partial charge in [0.1, 0.15) is 0 Å². The summed E-state index contributed by atoms with van der Waals surface area (Å²) in [5, 5.41) is 6.20. The van der Waals surface area contributed by atoms with E-state index in [2.05, 4.69) is 31.1 Å².